The zero-order chi connectivity index (χ0) is 17.4. The third kappa shape index (κ3) is 4.29. The minimum absolute atomic E-state index is 0. The molecule has 0 saturated heterocycles. The lowest BCUT2D eigenvalue weighted by atomic mass is 9.71. The third-order valence-corrected chi connectivity index (χ3v) is 5.49. The summed E-state index contributed by atoms with van der Waals surface area (Å²) in [6.45, 7) is 0. The van der Waals surface area contributed by atoms with Crippen molar-refractivity contribution in [2.24, 2.45) is 11.7 Å². The number of nitrogens with two attached hydrogens (primary N) is 1. The highest BCUT2D eigenvalue weighted by atomic mass is 35.5. The highest BCUT2D eigenvalue weighted by molar-refractivity contribution is 5.85. The molecule has 2 aliphatic carbocycles. The van der Waals surface area contributed by atoms with Crippen LogP contribution in [-0.4, -0.2) is 11.9 Å². The molecule has 140 valence electrons. The average molecular weight is 377 g/mol. The maximum absolute atomic E-state index is 13.0. The summed E-state index contributed by atoms with van der Waals surface area (Å²) in [6, 6.07) is 5.38. The van der Waals surface area contributed by atoms with E-state index < -0.39 is 17.3 Å². The average Bonchev–Trinajstić information content (AvgIpc) is 2.87. The quantitative estimate of drug-likeness (QED) is 0.829. The first-order chi connectivity index (χ1) is 11.3. The van der Waals surface area contributed by atoms with Gasteiger partial charge in [0.1, 0.15) is 0 Å². The molecule has 3 nitrogen and oxygen atoms in total. The van der Waals surface area contributed by atoms with Crippen LogP contribution in [0.15, 0.2) is 24.3 Å². The molecule has 3 N–H and O–H groups in total. The molecule has 2 atom stereocenters. The molecule has 2 saturated carbocycles. The number of halogens is 4. The number of alkyl halides is 3. The highest BCUT2D eigenvalue weighted by Gasteiger charge is 2.42. The molecule has 1 aromatic rings. The van der Waals surface area contributed by atoms with Crippen LogP contribution < -0.4 is 11.1 Å². The van der Waals surface area contributed by atoms with Crippen LogP contribution in [0.2, 0.25) is 0 Å². The Morgan fingerprint density at radius 1 is 1.24 bits per heavy atom. The molecule has 2 aliphatic rings. The highest BCUT2D eigenvalue weighted by Crippen LogP contribution is 2.43. The summed E-state index contributed by atoms with van der Waals surface area (Å²) in [4.78, 5) is 12.4. The van der Waals surface area contributed by atoms with E-state index in [2.05, 4.69) is 5.32 Å². The molecule has 3 rings (SSSR count). The van der Waals surface area contributed by atoms with Crippen LogP contribution in [0.3, 0.4) is 0 Å². The van der Waals surface area contributed by atoms with Gasteiger partial charge in [-0.2, -0.15) is 13.2 Å². The van der Waals surface area contributed by atoms with Crippen molar-refractivity contribution in [2.45, 2.75) is 62.7 Å². The summed E-state index contributed by atoms with van der Waals surface area (Å²) in [7, 11) is 0. The van der Waals surface area contributed by atoms with Gasteiger partial charge in [-0.05, 0) is 55.7 Å². The predicted molar refractivity (Wildman–Crippen MR) is 92.3 cm³/mol. The van der Waals surface area contributed by atoms with E-state index in [0.717, 1.165) is 31.7 Å². The Bertz CT molecular complexity index is 617. The van der Waals surface area contributed by atoms with E-state index in [0.29, 0.717) is 24.8 Å². The fourth-order valence-corrected chi connectivity index (χ4v) is 3.88. The molecule has 0 radical (unpaired) electrons. The smallest absolute Gasteiger partial charge is 0.347 e. The van der Waals surface area contributed by atoms with Gasteiger partial charge in [0.15, 0.2) is 0 Å². The first kappa shape index (κ1) is 20.0. The fraction of sp³-hybridized carbons (Fsp3) is 0.611. The van der Waals surface area contributed by atoms with E-state index in [1.165, 1.54) is 12.1 Å². The van der Waals surface area contributed by atoms with Crippen LogP contribution >= 0.6 is 12.4 Å². The molecule has 0 aliphatic heterocycles. The molecule has 0 unspecified atom stereocenters. The molecular weight excluding hydrogens is 353 g/mol. The summed E-state index contributed by atoms with van der Waals surface area (Å²) < 4.78 is 38.9. The van der Waals surface area contributed by atoms with Gasteiger partial charge < -0.3 is 11.1 Å². The number of carbonyl (C=O) groups excluding carboxylic acids is 1. The summed E-state index contributed by atoms with van der Waals surface area (Å²) in [5.74, 6) is 0.0816. The molecule has 25 heavy (non-hydrogen) atoms. The van der Waals surface area contributed by atoms with Crippen LogP contribution in [0, 0.1) is 5.92 Å². The zero-order valence-corrected chi connectivity index (χ0v) is 14.8. The predicted octanol–water partition coefficient (Wildman–Crippen LogP) is 4.14. The summed E-state index contributed by atoms with van der Waals surface area (Å²) in [5.41, 5.74) is 5.24. The number of hydrogen-bond acceptors (Lipinski definition) is 2. The van der Waals surface area contributed by atoms with Crippen molar-refractivity contribution in [3.63, 3.8) is 0 Å². The zero-order valence-electron chi connectivity index (χ0n) is 13.9. The second-order valence-corrected chi connectivity index (χ2v) is 7.12. The van der Waals surface area contributed by atoms with Gasteiger partial charge >= 0.3 is 6.18 Å². The van der Waals surface area contributed by atoms with Crippen LogP contribution in [0.5, 0.6) is 0 Å². The second-order valence-electron chi connectivity index (χ2n) is 7.12. The molecule has 0 heterocycles. The molecule has 1 aromatic carbocycles. The van der Waals surface area contributed by atoms with E-state index in [1.54, 1.807) is 6.07 Å². The SMILES string of the molecule is Cl.N[C@@H]1CCC[C@H]1CC(=O)NC1(c2cccc(C(F)(F)F)c2)CCC1. The first-order valence-electron chi connectivity index (χ1n) is 8.54. The van der Waals surface area contributed by atoms with Gasteiger partial charge in [0.05, 0.1) is 11.1 Å². The van der Waals surface area contributed by atoms with Gasteiger partial charge in [-0.3, -0.25) is 4.79 Å². The Morgan fingerprint density at radius 2 is 1.96 bits per heavy atom. The standard InChI is InChI=1S/C18H23F3N2O.ClH/c19-18(20,21)14-6-2-5-13(11-14)17(8-3-9-17)23-16(24)10-12-4-1-7-15(12)22;/h2,5-6,11-12,15H,1,3-4,7-10,22H2,(H,23,24);1H/t12-,15+;/m0./s1. The first-order valence-corrected chi connectivity index (χ1v) is 8.54. The molecular formula is C18H24ClF3N2O. The van der Waals surface area contributed by atoms with Crippen LogP contribution in [-0.2, 0) is 16.5 Å². The maximum atomic E-state index is 13.0. The molecule has 2 fully saturated rings. The van der Waals surface area contributed by atoms with Crippen LogP contribution in [0.4, 0.5) is 13.2 Å². The Kier molecular flexibility index (Phi) is 6.05. The van der Waals surface area contributed by atoms with E-state index in [-0.39, 0.29) is 30.3 Å². The van der Waals surface area contributed by atoms with Crippen LogP contribution in [0.1, 0.15) is 56.1 Å². The Balaban J connectivity index is 0.00000225. The number of benzene rings is 1. The Hall–Kier alpha value is -1.27. The van der Waals surface area contributed by atoms with Gasteiger partial charge in [-0.25, -0.2) is 0 Å². The van der Waals surface area contributed by atoms with Crippen LogP contribution in [0.25, 0.3) is 0 Å². The second kappa shape index (κ2) is 7.54. The lowest BCUT2D eigenvalue weighted by molar-refractivity contribution is -0.137. The van der Waals surface area contributed by atoms with Crippen molar-refractivity contribution in [2.75, 3.05) is 0 Å². The Morgan fingerprint density at radius 3 is 2.48 bits per heavy atom. The minimum atomic E-state index is -4.37. The Labute approximate surface area is 152 Å². The maximum Gasteiger partial charge on any atom is 0.416 e. The molecule has 0 spiro atoms. The minimum Gasteiger partial charge on any atom is -0.347 e. The van der Waals surface area contributed by atoms with E-state index in [1.807, 2.05) is 0 Å². The topological polar surface area (TPSA) is 55.1 Å². The summed E-state index contributed by atoms with van der Waals surface area (Å²) in [5, 5.41) is 3.01. The van der Waals surface area contributed by atoms with Crippen molar-refractivity contribution in [1.29, 1.82) is 0 Å². The van der Waals surface area contributed by atoms with Gasteiger partial charge in [0.25, 0.3) is 0 Å². The third-order valence-electron chi connectivity index (χ3n) is 5.49. The molecule has 1 amide bonds. The lowest BCUT2D eigenvalue weighted by Crippen LogP contribution is -2.51. The summed E-state index contributed by atoms with van der Waals surface area (Å²) in [6.07, 6.45) is 1.18. The molecule has 0 aromatic heterocycles. The van der Waals surface area contributed by atoms with Crippen molar-refractivity contribution in [3.05, 3.63) is 35.4 Å². The number of hydrogen-bond donors (Lipinski definition) is 2. The van der Waals surface area contributed by atoms with E-state index in [9.17, 15) is 18.0 Å². The van der Waals surface area contributed by atoms with Crippen molar-refractivity contribution in [1.82, 2.24) is 5.32 Å². The summed E-state index contributed by atoms with van der Waals surface area (Å²) >= 11 is 0. The normalized spacial score (nSPS) is 25.0. The van der Waals surface area contributed by atoms with Crippen molar-refractivity contribution in [3.8, 4) is 0 Å². The van der Waals surface area contributed by atoms with E-state index in [4.69, 9.17) is 5.73 Å². The van der Waals surface area contributed by atoms with Gasteiger partial charge in [0.2, 0.25) is 5.91 Å². The van der Waals surface area contributed by atoms with Gasteiger partial charge in [0, 0.05) is 12.5 Å². The van der Waals surface area contributed by atoms with E-state index >= 15 is 0 Å². The monoisotopic (exact) mass is 376 g/mol. The fourth-order valence-electron chi connectivity index (χ4n) is 3.88. The lowest BCUT2D eigenvalue weighted by Gasteiger charge is -2.43. The number of nitrogens with one attached hydrogen (secondary N) is 1. The van der Waals surface area contributed by atoms with Crippen molar-refractivity contribution >= 4 is 18.3 Å². The van der Waals surface area contributed by atoms with Gasteiger partial charge in [-0.15, -0.1) is 12.4 Å². The largest absolute Gasteiger partial charge is 0.416 e. The van der Waals surface area contributed by atoms with Gasteiger partial charge in [-0.1, -0.05) is 18.6 Å². The number of amides is 1. The molecule has 7 heteroatoms. The van der Waals surface area contributed by atoms with Crippen molar-refractivity contribution < 1.29 is 18.0 Å². The number of carbonyl (C=O) groups is 1. The number of rotatable bonds is 4. The molecule has 0 bridgehead atoms.